The van der Waals surface area contributed by atoms with Gasteiger partial charge in [0.25, 0.3) is 5.91 Å². The number of pyridine rings is 1. The molecule has 0 spiro atoms. The van der Waals surface area contributed by atoms with Crippen LogP contribution in [0.4, 0.5) is 5.82 Å². The number of rotatable bonds is 5. The third-order valence-electron chi connectivity index (χ3n) is 3.50. The van der Waals surface area contributed by atoms with Crippen molar-refractivity contribution in [3.05, 3.63) is 22.8 Å². The number of anilines is 1. The number of carbonyl (C=O) groups excluding carboxylic acids is 1. The van der Waals surface area contributed by atoms with Crippen LogP contribution in [-0.2, 0) is 0 Å². The van der Waals surface area contributed by atoms with Crippen LogP contribution >= 0.6 is 11.6 Å². The van der Waals surface area contributed by atoms with Gasteiger partial charge in [-0.05, 0) is 37.8 Å². The van der Waals surface area contributed by atoms with E-state index in [1.165, 1.54) is 19.3 Å². The van der Waals surface area contributed by atoms with Crippen LogP contribution < -0.4 is 5.32 Å². The summed E-state index contributed by atoms with van der Waals surface area (Å²) in [7, 11) is 1.85. The van der Waals surface area contributed by atoms with Crippen LogP contribution in [-0.4, -0.2) is 35.9 Å². The van der Waals surface area contributed by atoms with Crippen molar-refractivity contribution in [1.29, 1.82) is 0 Å². The van der Waals surface area contributed by atoms with Gasteiger partial charge in [0, 0.05) is 25.7 Å². The molecule has 0 saturated heterocycles. The molecular formula is C14H20ClN3O. The zero-order valence-corrected chi connectivity index (χ0v) is 12.2. The van der Waals surface area contributed by atoms with E-state index < -0.39 is 0 Å². The molecule has 1 amide bonds. The number of carbonyl (C=O) groups is 1. The Morgan fingerprint density at radius 1 is 1.53 bits per heavy atom. The molecule has 1 aliphatic rings. The summed E-state index contributed by atoms with van der Waals surface area (Å²) in [5.74, 6) is 1.32. The first-order chi connectivity index (χ1) is 9.10. The average Bonchev–Trinajstić information content (AvgIpc) is 2.32. The van der Waals surface area contributed by atoms with Gasteiger partial charge in [0.15, 0.2) is 0 Å². The molecule has 4 nitrogen and oxygen atoms in total. The van der Waals surface area contributed by atoms with Crippen LogP contribution in [0.1, 0.15) is 36.5 Å². The Labute approximate surface area is 119 Å². The normalized spacial score (nSPS) is 14.9. The summed E-state index contributed by atoms with van der Waals surface area (Å²) in [6.45, 7) is 3.56. The van der Waals surface area contributed by atoms with Crippen molar-refractivity contribution >= 4 is 23.3 Å². The molecule has 19 heavy (non-hydrogen) atoms. The molecule has 2 rings (SSSR count). The van der Waals surface area contributed by atoms with E-state index in [4.69, 9.17) is 11.6 Å². The summed E-state index contributed by atoms with van der Waals surface area (Å²) in [4.78, 5) is 18.3. The SMILES string of the molecule is CCNc1cc(C(=O)N(C)CC2CCC2)cc(Cl)n1. The van der Waals surface area contributed by atoms with E-state index in [0.717, 1.165) is 13.1 Å². The number of hydrogen-bond donors (Lipinski definition) is 1. The van der Waals surface area contributed by atoms with Gasteiger partial charge in [-0.15, -0.1) is 0 Å². The number of amides is 1. The summed E-state index contributed by atoms with van der Waals surface area (Å²) in [6.07, 6.45) is 3.76. The summed E-state index contributed by atoms with van der Waals surface area (Å²) >= 11 is 5.96. The van der Waals surface area contributed by atoms with Gasteiger partial charge in [-0.3, -0.25) is 4.79 Å². The molecule has 104 valence electrons. The fourth-order valence-corrected chi connectivity index (χ4v) is 2.47. The van der Waals surface area contributed by atoms with Gasteiger partial charge in [-0.1, -0.05) is 18.0 Å². The van der Waals surface area contributed by atoms with Crippen molar-refractivity contribution in [3.8, 4) is 0 Å². The molecule has 5 heteroatoms. The monoisotopic (exact) mass is 281 g/mol. The molecule has 1 N–H and O–H groups in total. The van der Waals surface area contributed by atoms with E-state index in [1.54, 1.807) is 17.0 Å². The number of hydrogen-bond acceptors (Lipinski definition) is 3. The minimum absolute atomic E-state index is 0.00959. The van der Waals surface area contributed by atoms with Crippen molar-refractivity contribution in [2.24, 2.45) is 5.92 Å². The third-order valence-corrected chi connectivity index (χ3v) is 3.70. The van der Waals surface area contributed by atoms with Crippen molar-refractivity contribution < 1.29 is 4.79 Å². The highest BCUT2D eigenvalue weighted by atomic mass is 35.5. The van der Waals surface area contributed by atoms with Gasteiger partial charge in [-0.25, -0.2) is 4.98 Å². The zero-order chi connectivity index (χ0) is 13.8. The van der Waals surface area contributed by atoms with Crippen LogP contribution in [0.2, 0.25) is 5.15 Å². The minimum Gasteiger partial charge on any atom is -0.370 e. The lowest BCUT2D eigenvalue weighted by atomic mass is 9.85. The van der Waals surface area contributed by atoms with Gasteiger partial charge in [-0.2, -0.15) is 0 Å². The van der Waals surface area contributed by atoms with E-state index >= 15 is 0 Å². The van der Waals surface area contributed by atoms with Crippen LogP contribution in [0.15, 0.2) is 12.1 Å². The van der Waals surface area contributed by atoms with Crippen molar-refractivity contribution in [2.45, 2.75) is 26.2 Å². The predicted octanol–water partition coefficient (Wildman–Crippen LogP) is 3.04. The van der Waals surface area contributed by atoms with E-state index in [9.17, 15) is 4.79 Å². The van der Waals surface area contributed by atoms with Gasteiger partial charge >= 0.3 is 0 Å². The number of nitrogens with one attached hydrogen (secondary N) is 1. The Morgan fingerprint density at radius 2 is 2.26 bits per heavy atom. The maximum Gasteiger partial charge on any atom is 0.253 e. The van der Waals surface area contributed by atoms with Crippen LogP contribution in [0, 0.1) is 5.92 Å². The smallest absolute Gasteiger partial charge is 0.253 e. The molecule has 0 bridgehead atoms. The highest BCUT2D eigenvalue weighted by molar-refractivity contribution is 6.29. The zero-order valence-electron chi connectivity index (χ0n) is 11.4. The molecule has 1 heterocycles. The second-order valence-corrected chi connectivity index (χ2v) is 5.46. The van der Waals surface area contributed by atoms with E-state index in [-0.39, 0.29) is 5.91 Å². The van der Waals surface area contributed by atoms with Gasteiger partial charge < -0.3 is 10.2 Å². The Morgan fingerprint density at radius 3 is 2.84 bits per heavy atom. The lowest BCUT2D eigenvalue weighted by molar-refractivity contribution is 0.0745. The van der Waals surface area contributed by atoms with E-state index in [2.05, 4.69) is 10.3 Å². The number of halogens is 1. The number of aromatic nitrogens is 1. The van der Waals surface area contributed by atoms with Crippen LogP contribution in [0.25, 0.3) is 0 Å². The molecule has 1 aromatic heterocycles. The maximum atomic E-state index is 12.3. The molecule has 0 aromatic carbocycles. The second-order valence-electron chi connectivity index (χ2n) is 5.08. The van der Waals surface area contributed by atoms with Crippen LogP contribution in [0.3, 0.4) is 0 Å². The topological polar surface area (TPSA) is 45.2 Å². The first-order valence-electron chi connectivity index (χ1n) is 6.77. The Kier molecular flexibility index (Phi) is 4.64. The minimum atomic E-state index is 0.00959. The molecule has 0 unspecified atom stereocenters. The average molecular weight is 282 g/mol. The summed E-state index contributed by atoms with van der Waals surface area (Å²) in [5, 5.41) is 3.43. The Balaban J connectivity index is 2.08. The fraction of sp³-hybridized carbons (Fsp3) is 0.571. The predicted molar refractivity (Wildman–Crippen MR) is 77.7 cm³/mol. The van der Waals surface area contributed by atoms with Gasteiger partial charge in [0.1, 0.15) is 11.0 Å². The van der Waals surface area contributed by atoms with Crippen molar-refractivity contribution in [1.82, 2.24) is 9.88 Å². The molecule has 1 saturated carbocycles. The molecule has 0 aliphatic heterocycles. The third kappa shape index (κ3) is 3.60. The van der Waals surface area contributed by atoms with E-state index in [0.29, 0.717) is 22.5 Å². The standard InChI is InChI=1S/C14H20ClN3O/c1-3-16-13-8-11(7-12(15)17-13)14(19)18(2)9-10-5-4-6-10/h7-8,10H,3-6,9H2,1-2H3,(H,16,17). The first kappa shape index (κ1) is 14.1. The van der Waals surface area contributed by atoms with Crippen molar-refractivity contribution in [3.63, 3.8) is 0 Å². The summed E-state index contributed by atoms with van der Waals surface area (Å²) in [6, 6.07) is 3.39. The molecule has 0 atom stereocenters. The maximum absolute atomic E-state index is 12.3. The first-order valence-corrected chi connectivity index (χ1v) is 7.15. The van der Waals surface area contributed by atoms with Gasteiger partial charge in [0.05, 0.1) is 0 Å². The largest absolute Gasteiger partial charge is 0.370 e. The molecule has 0 radical (unpaired) electrons. The quantitative estimate of drug-likeness (QED) is 0.844. The summed E-state index contributed by atoms with van der Waals surface area (Å²) in [5.41, 5.74) is 0.595. The van der Waals surface area contributed by atoms with Gasteiger partial charge in [0.2, 0.25) is 0 Å². The van der Waals surface area contributed by atoms with Crippen molar-refractivity contribution in [2.75, 3.05) is 25.5 Å². The number of nitrogens with zero attached hydrogens (tertiary/aromatic N) is 2. The lowest BCUT2D eigenvalue weighted by Gasteiger charge is -2.30. The Hall–Kier alpha value is -1.29. The molecule has 1 aromatic rings. The fourth-order valence-electron chi connectivity index (χ4n) is 2.26. The molecule has 1 fully saturated rings. The highest BCUT2D eigenvalue weighted by Gasteiger charge is 2.22. The summed E-state index contributed by atoms with van der Waals surface area (Å²) < 4.78 is 0. The lowest BCUT2D eigenvalue weighted by Crippen LogP contribution is -2.34. The molecule has 1 aliphatic carbocycles. The highest BCUT2D eigenvalue weighted by Crippen LogP contribution is 2.27. The Bertz CT molecular complexity index is 460. The van der Waals surface area contributed by atoms with Crippen LogP contribution in [0.5, 0.6) is 0 Å². The second kappa shape index (κ2) is 6.24. The van der Waals surface area contributed by atoms with E-state index in [1.807, 2.05) is 14.0 Å². The molecular weight excluding hydrogens is 262 g/mol.